The van der Waals surface area contributed by atoms with E-state index in [9.17, 15) is 0 Å². The number of nitrogens with one attached hydrogen (secondary N) is 3. The zero-order chi connectivity index (χ0) is 13.2. The van der Waals surface area contributed by atoms with Crippen LogP contribution in [0.4, 0.5) is 0 Å². The molecule has 1 unspecified atom stereocenters. The lowest BCUT2D eigenvalue weighted by molar-refractivity contribution is 0.179. The first-order valence-electron chi connectivity index (χ1n) is 5.87. The van der Waals surface area contributed by atoms with Crippen LogP contribution in [0.15, 0.2) is 11.3 Å². The molecule has 1 heterocycles. The molecule has 18 heavy (non-hydrogen) atoms. The van der Waals surface area contributed by atoms with E-state index >= 15 is 0 Å². The van der Waals surface area contributed by atoms with Crippen LogP contribution in [0.25, 0.3) is 0 Å². The zero-order valence-corrected chi connectivity index (χ0v) is 10.8. The SMILES string of the molecule is COCC(C)NC(=NCCCc1ncn[nH]1)NN. The van der Waals surface area contributed by atoms with E-state index in [0.717, 1.165) is 18.7 Å². The Hall–Kier alpha value is -1.67. The van der Waals surface area contributed by atoms with E-state index in [1.807, 2.05) is 6.92 Å². The molecule has 0 aromatic carbocycles. The number of aryl methyl sites for hydroxylation is 1. The molecule has 0 aliphatic heterocycles. The lowest BCUT2D eigenvalue weighted by Crippen LogP contribution is -2.46. The molecular formula is C10H21N7O. The Morgan fingerprint density at radius 3 is 3.11 bits per heavy atom. The molecule has 1 rings (SSSR count). The van der Waals surface area contributed by atoms with E-state index < -0.39 is 0 Å². The highest BCUT2D eigenvalue weighted by Gasteiger charge is 2.03. The maximum Gasteiger partial charge on any atom is 0.206 e. The number of aliphatic imine (C=N–C) groups is 1. The maximum absolute atomic E-state index is 5.38. The predicted octanol–water partition coefficient (Wildman–Crippen LogP) is -0.819. The van der Waals surface area contributed by atoms with Crippen molar-refractivity contribution in [2.24, 2.45) is 10.8 Å². The van der Waals surface area contributed by atoms with Gasteiger partial charge in [-0.3, -0.25) is 15.5 Å². The van der Waals surface area contributed by atoms with Crippen LogP contribution in [0, 0.1) is 0 Å². The lowest BCUT2D eigenvalue weighted by atomic mass is 10.3. The summed E-state index contributed by atoms with van der Waals surface area (Å²) in [5.74, 6) is 6.82. The first-order valence-corrected chi connectivity index (χ1v) is 5.87. The number of ether oxygens (including phenoxy) is 1. The number of methoxy groups -OCH3 is 1. The lowest BCUT2D eigenvalue weighted by Gasteiger charge is -2.15. The maximum atomic E-state index is 5.38. The number of nitrogens with zero attached hydrogens (tertiary/aromatic N) is 3. The van der Waals surface area contributed by atoms with Gasteiger partial charge in [-0.1, -0.05) is 0 Å². The standard InChI is InChI=1S/C10H21N7O/c1-8(6-18-2)15-10(16-11)12-5-3-4-9-13-7-14-17-9/h7-8H,3-6,11H2,1-2H3,(H2,12,15,16)(H,13,14,17). The number of hydrazine groups is 1. The van der Waals surface area contributed by atoms with Crippen molar-refractivity contribution in [2.75, 3.05) is 20.3 Å². The molecule has 0 aliphatic rings. The van der Waals surface area contributed by atoms with E-state index in [1.54, 1.807) is 7.11 Å². The van der Waals surface area contributed by atoms with E-state index in [2.05, 4.69) is 30.9 Å². The van der Waals surface area contributed by atoms with Gasteiger partial charge in [0, 0.05) is 26.1 Å². The third kappa shape index (κ3) is 5.60. The van der Waals surface area contributed by atoms with E-state index in [-0.39, 0.29) is 6.04 Å². The topological polar surface area (TPSA) is 113 Å². The highest BCUT2D eigenvalue weighted by Crippen LogP contribution is 1.93. The second-order valence-electron chi connectivity index (χ2n) is 3.91. The highest BCUT2D eigenvalue weighted by molar-refractivity contribution is 5.79. The molecular weight excluding hydrogens is 234 g/mol. The Labute approximate surface area is 106 Å². The predicted molar refractivity (Wildman–Crippen MR) is 68.8 cm³/mol. The van der Waals surface area contributed by atoms with Gasteiger partial charge in [-0.15, -0.1) is 0 Å². The minimum atomic E-state index is 0.152. The molecule has 102 valence electrons. The second kappa shape index (κ2) is 8.43. The van der Waals surface area contributed by atoms with Crippen LogP contribution < -0.4 is 16.6 Å². The zero-order valence-electron chi connectivity index (χ0n) is 10.8. The fraction of sp³-hybridized carbons (Fsp3) is 0.700. The van der Waals surface area contributed by atoms with Crippen LogP contribution in [0.5, 0.6) is 0 Å². The van der Waals surface area contributed by atoms with Crippen LogP contribution in [-0.4, -0.2) is 47.4 Å². The van der Waals surface area contributed by atoms with E-state index in [4.69, 9.17) is 10.6 Å². The van der Waals surface area contributed by atoms with Gasteiger partial charge in [-0.2, -0.15) is 5.10 Å². The van der Waals surface area contributed by atoms with Gasteiger partial charge >= 0.3 is 0 Å². The van der Waals surface area contributed by atoms with E-state index in [0.29, 0.717) is 19.1 Å². The first-order chi connectivity index (χ1) is 8.76. The van der Waals surface area contributed by atoms with Crippen LogP contribution in [0.1, 0.15) is 19.2 Å². The third-order valence-electron chi connectivity index (χ3n) is 2.24. The van der Waals surface area contributed by atoms with Crippen LogP contribution in [0.3, 0.4) is 0 Å². The van der Waals surface area contributed by atoms with Crippen molar-refractivity contribution >= 4 is 5.96 Å². The summed E-state index contributed by atoms with van der Waals surface area (Å²) in [5.41, 5.74) is 2.53. The Morgan fingerprint density at radius 2 is 2.50 bits per heavy atom. The number of aromatic nitrogens is 3. The molecule has 0 bridgehead atoms. The molecule has 1 aromatic heterocycles. The summed E-state index contributed by atoms with van der Waals surface area (Å²) < 4.78 is 5.02. The summed E-state index contributed by atoms with van der Waals surface area (Å²) in [7, 11) is 1.66. The highest BCUT2D eigenvalue weighted by atomic mass is 16.5. The van der Waals surface area contributed by atoms with Crippen molar-refractivity contribution < 1.29 is 4.74 Å². The molecule has 5 N–H and O–H groups in total. The van der Waals surface area contributed by atoms with Gasteiger partial charge in [0.1, 0.15) is 12.2 Å². The van der Waals surface area contributed by atoms with Gasteiger partial charge in [0.05, 0.1) is 6.61 Å². The van der Waals surface area contributed by atoms with Crippen molar-refractivity contribution in [3.05, 3.63) is 12.2 Å². The number of aromatic amines is 1. The summed E-state index contributed by atoms with van der Waals surface area (Å²) in [6, 6.07) is 0.152. The number of H-pyrrole nitrogens is 1. The van der Waals surface area contributed by atoms with Crippen molar-refractivity contribution in [1.29, 1.82) is 0 Å². The van der Waals surface area contributed by atoms with Gasteiger partial charge < -0.3 is 10.1 Å². The van der Waals surface area contributed by atoms with Crippen LogP contribution in [0.2, 0.25) is 0 Å². The molecule has 0 aliphatic carbocycles. The van der Waals surface area contributed by atoms with Crippen LogP contribution >= 0.6 is 0 Å². The van der Waals surface area contributed by atoms with E-state index in [1.165, 1.54) is 6.33 Å². The van der Waals surface area contributed by atoms with Crippen LogP contribution in [-0.2, 0) is 11.2 Å². The molecule has 8 nitrogen and oxygen atoms in total. The Bertz CT molecular complexity index is 338. The monoisotopic (exact) mass is 255 g/mol. The Morgan fingerprint density at radius 1 is 1.67 bits per heavy atom. The summed E-state index contributed by atoms with van der Waals surface area (Å²) in [6.07, 6.45) is 3.19. The normalized spacial score (nSPS) is 13.4. The number of hydrogen-bond acceptors (Lipinski definition) is 5. The molecule has 0 spiro atoms. The number of hydrogen-bond donors (Lipinski definition) is 4. The number of nitrogens with two attached hydrogens (primary N) is 1. The molecule has 1 atom stereocenters. The first kappa shape index (κ1) is 14.4. The van der Waals surface area contributed by atoms with Crippen molar-refractivity contribution in [2.45, 2.75) is 25.8 Å². The second-order valence-corrected chi connectivity index (χ2v) is 3.91. The van der Waals surface area contributed by atoms with Gasteiger partial charge in [-0.25, -0.2) is 10.8 Å². The molecule has 0 saturated heterocycles. The number of rotatable bonds is 7. The average molecular weight is 255 g/mol. The summed E-state index contributed by atoms with van der Waals surface area (Å²) >= 11 is 0. The van der Waals surface area contributed by atoms with Gasteiger partial charge in [0.2, 0.25) is 5.96 Å². The molecule has 8 heteroatoms. The number of guanidine groups is 1. The molecule has 0 radical (unpaired) electrons. The fourth-order valence-electron chi connectivity index (χ4n) is 1.45. The molecule has 1 aromatic rings. The smallest absolute Gasteiger partial charge is 0.206 e. The van der Waals surface area contributed by atoms with Gasteiger partial charge in [0.15, 0.2) is 0 Å². The quantitative estimate of drug-likeness (QED) is 0.166. The third-order valence-corrected chi connectivity index (χ3v) is 2.24. The summed E-state index contributed by atoms with van der Waals surface area (Å²) in [6.45, 7) is 3.25. The minimum Gasteiger partial charge on any atom is -0.383 e. The van der Waals surface area contributed by atoms with Gasteiger partial charge in [-0.05, 0) is 13.3 Å². The largest absolute Gasteiger partial charge is 0.383 e. The Kier molecular flexibility index (Phi) is 6.74. The Balaban J connectivity index is 2.24. The molecule has 0 saturated carbocycles. The minimum absolute atomic E-state index is 0.152. The summed E-state index contributed by atoms with van der Waals surface area (Å²) in [5, 5.41) is 9.70. The summed E-state index contributed by atoms with van der Waals surface area (Å²) in [4.78, 5) is 8.35. The molecule has 0 fully saturated rings. The van der Waals surface area contributed by atoms with Crippen molar-refractivity contribution in [3.63, 3.8) is 0 Å². The average Bonchev–Trinajstić information content (AvgIpc) is 2.86. The molecule has 0 amide bonds. The van der Waals surface area contributed by atoms with Crippen molar-refractivity contribution in [1.82, 2.24) is 25.9 Å². The van der Waals surface area contributed by atoms with Gasteiger partial charge in [0.25, 0.3) is 0 Å². The fourth-order valence-corrected chi connectivity index (χ4v) is 1.45. The van der Waals surface area contributed by atoms with Crippen molar-refractivity contribution in [3.8, 4) is 0 Å².